The van der Waals surface area contributed by atoms with Crippen molar-refractivity contribution in [3.05, 3.63) is 34.7 Å². The molecule has 0 atom stereocenters. The van der Waals surface area contributed by atoms with Crippen molar-refractivity contribution in [2.75, 3.05) is 0 Å². The van der Waals surface area contributed by atoms with Crippen LogP contribution in [0.3, 0.4) is 0 Å². The standard InChI is InChI=1S/C15H15ClF3N3O/c16-12-5-9(15(17,18)19)7-22-8-11(21-14(12)22)6-13(23)20-10-3-1-2-4-10/h5,7-8,10H,1-4,6H2,(H,20,23). The number of fused-ring (bicyclic) bond motifs is 1. The molecule has 0 spiro atoms. The third-order valence-corrected chi connectivity index (χ3v) is 4.22. The molecular weight excluding hydrogens is 331 g/mol. The second-order valence-electron chi connectivity index (χ2n) is 5.76. The molecule has 1 amide bonds. The number of carbonyl (C=O) groups excluding carboxylic acids is 1. The van der Waals surface area contributed by atoms with Crippen molar-refractivity contribution in [1.82, 2.24) is 14.7 Å². The molecule has 1 aliphatic carbocycles. The van der Waals surface area contributed by atoms with Crippen LogP contribution in [0.2, 0.25) is 5.02 Å². The van der Waals surface area contributed by atoms with Crippen LogP contribution in [0.4, 0.5) is 13.2 Å². The number of amides is 1. The van der Waals surface area contributed by atoms with Gasteiger partial charge in [0, 0.05) is 18.4 Å². The van der Waals surface area contributed by atoms with Gasteiger partial charge in [0.25, 0.3) is 0 Å². The summed E-state index contributed by atoms with van der Waals surface area (Å²) in [7, 11) is 0. The van der Waals surface area contributed by atoms with Crippen LogP contribution in [0, 0.1) is 0 Å². The first kappa shape index (κ1) is 16.1. The van der Waals surface area contributed by atoms with Gasteiger partial charge >= 0.3 is 6.18 Å². The molecule has 2 aromatic heterocycles. The Hall–Kier alpha value is -1.76. The number of hydrogen-bond donors (Lipinski definition) is 1. The number of carbonyl (C=O) groups is 1. The normalized spacial score (nSPS) is 16.2. The Morgan fingerprint density at radius 2 is 2.04 bits per heavy atom. The number of hydrogen-bond acceptors (Lipinski definition) is 2. The minimum Gasteiger partial charge on any atom is -0.353 e. The van der Waals surface area contributed by atoms with E-state index in [1.54, 1.807) is 0 Å². The molecule has 0 bridgehead atoms. The number of pyridine rings is 1. The van der Waals surface area contributed by atoms with Gasteiger partial charge in [-0.05, 0) is 18.9 Å². The van der Waals surface area contributed by atoms with E-state index in [0.29, 0.717) is 5.69 Å². The molecule has 0 unspecified atom stereocenters. The Kier molecular flexibility index (Phi) is 4.23. The van der Waals surface area contributed by atoms with E-state index in [4.69, 9.17) is 11.6 Å². The number of imidazole rings is 1. The zero-order valence-electron chi connectivity index (χ0n) is 12.2. The Labute approximate surface area is 135 Å². The summed E-state index contributed by atoms with van der Waals surface area (Å²) in [5.74, 6) is -0.174. The predicted octanol–water partition coefficient (Wildman–Crippen LogP) is 3.61. The van der Waals surface area contributed by atoms with E-state index in [2.05, 4.69) is 10.3 Å². The van der Waals surface area contributed by atoms with Crippen LogP contribution in [0.25, 0.3) is 5.65 Å². The minimum absolute atomic E-state index is 0.0237. The highest BCUT2D eigenvalue weighted by Crippen LogP contribution is 2.32. The van der Waals surface area contributed by atoms with Crippen molar-refractivity contribution in [2.24, 2.45) is 0 Å². The summed E-state index contributed by atoms with van der Waals surface area (Å²) < 4.78 is 39.6. The molecule has 124 valence electrons. The Balaban J connectivity index is 1.79. The average Bonchev–Trinajstić information content (AvgIpc) is 3.06. The molecule has 0 radical (unpaired) electrons. The second kappa shape index (κ2) is 6.03. The number of halogens is 4. The van der Waals surface area contributed by atoms with Gasteiger partial charge in [0.15, 0.2) is 5.65 Å². The Morgan fingerprint density at radius 1 is 1.35 bits per heavy atom. The first-order valence-electron chi connectivity index (χ1n) is 7.36. The summed E-state index contributed by atoms with van der Waals surface area (Å²) in [5.41, 5.74) is -0.251. The summed E-state index contributed by atoms with van der Waals surface area (Å²) in [6.07, 6.45) is 2.02. The van der Waals surface area contributed by atoms with Crippen molar-refractivity contribution in [3.63, 3.8) is 0 Å². The van der Waals surface area contributed by atoms with E-state index in [1.165, 1.54) is 10.6 Å². The molecule has 0 aliphatic heterocycles. The fraction of sp³-hybridized carbons (Fsp3) is 0.467. The van der Waals surface area contributed by atoms with Crippen LogP contribution in [0.1, 0.15) is 36.9 Å². The SMILES string of the molecule is O=C(Cc1cn2cc(C(F)(F)F)cc(Cl)c2n1)NC1CCCC1. The monoisotopic (exact) mass is 345 g/mol. The van der Waals surface area contributed by atoms with Gasteiger partial charge in [0.1, 0.15) is 0 Å². The molecule has 2 aromatic rings. The van der Waals surface area contributed by atoms with E-state index in [9.17, 15) is 18.0 Å². The van der Waals surface area contributed by atoms with Crippen molar-refractivity contribution in [1.29, 1.82) is 0 Å². The maximum absolute atomic E-state index is 12.8. The summed E-state index contributed by atoms with van der Waals surface area (Å²) in [6.45, 7) is 0. The van der Waals surface area contributed by atoms with Gasteiger partial charge in [-0.25, -0.2) is 4.98 Å². The van der Waals surface area contributed by atoms with Crippen LogP contribution in [0.5, 0.6) is 0 Å². The van der Waals surface area contributed by atoms with Crippen LogP contribution >= 0.6 is 11.6 Å². The first-order chi connectivity index (χ1) is 10.8. The molecule has 0 saturated heterocycles. The Morgan fingerprint density at radius 3 is 2.70 bits per heavy atom. The van der Waals surface area contributed by atoms with Crippen LogP contribution in [-0.2, 0) is 17.4 Å². The molecule has 1 aliphatic rings. The lowest BCUT2D eigenvalue weighted by molar-refractivity contribution is -0.137. The zero-order chi connectivity index (χ0) is 16.6. The van der Waals surface area contributed by atoms with Crippen molar-refractivity contribution in [2.45, 2.75) is 44.3 Å². The molecule has 8 heteroatoms. The van der Waals surface area contributed by atoms with Gasteiger partial charge in [-0.2, -0.15) is 13.2 Å². The van der Waals surface area contributed by atoms with Crippen molar-refractivity contribution < 1.29 is 18.0 Å². The zero-order valence-corrected chi connectivity index (χ0v) is 12.9. The second-order valence-corrected chi connectivity index (χ2v) is 6.17. The van der Waals surface area contributed by atoms with E-state index < -0.39 is 11.7 Å². The van der Waals surface area contributed by atoms with Gasteiger partial charge in [-0.3, -0.25) is 4.79 Å². The van der Waals surface area contributed by atoms with Crippen molar-refractivity contribution >= 4 is 23.2 Å². The fourth-order valence-electron chi connectivity index (χ4n) is 2.86. The minimum atomic E-state index is -4.48. The number of aromatic nitrogens is 2. The molecular formula is C15H15ClF3N3O. The van der Waals surface area contributed by atoms with Crippen LogP contribution in [0.15, 0.2) is 18.5 Å². The number of alkyl halides is 3. The maximum Gasteiger partial charge on any atom is 0.417 e. The largest absolute Gasteiger partial charge is 0.417 e. The predicted molar refractivity (Wildman–Crippen MR) is 79.3 cm³/mol. The summed E-state index contributed by atoms with van der Waals surface area (Å²) in [5, 5.41) is 2.83. The highest BCUT2D eigenvalue weighted by molar-refractivity contribution is 6.33. The highest BCUT2D eigenvalue weighted by Gasteiger charge is 2.32. The topological polar surface area (TPSA) is 46.4 Å². The molecule has 0 aromatic carbocycles. The van der Waals surface area contributed by atoms with Crippen LogP contribution < -0.4 is 5.32 Å². The van der Waals surface area contributed by atoms with Gasteiger partial charge in [-0.15, -0.1) is 0 Å². The fourth-order valence-corrected chi connectivity index (χ4v) is 3.12. The lowest BCUT2D eigenvalue weighted by Crippen LogP contribution is -2.33. The van der Waals surface area contributed by atoms with E-state index in [-0.39, 0.29) is 29.0 Å². The van der Waals surface area contributed by atoms with Gasteiger partial charge in [0.2, 0.25) is 5.91 Å². The maximum atomic E-state index is 12.8. The van der Waals surface area contributed by atoms with Crippen molar-refractivity contribution in [3.8, 4) is 0 Å². The lowest BCUT2D eigenvalue weighted by atomic mass is 10.2. The van der Waals surface area contributed by atoms with Gasteiger partial charge in [0.05, 0.1) is 22.7 Å². The van der Waals surface area contributed by atoms with E-state index in [1.807, 2.05) is 0 Å². The van der Waals surface area contributed by atoms with Gasteiger partial charge < -0.3 is 9.72 Å². The molecule has 1 N–H and O–H groups in total. The summed E-state index contributed by atoms with van der Waals surface area (Å²) in [6, 6.07) is 1.03. The Bertz CT molecular complexity index is 735. The average molecular weight is 346 g/mol. The highest BCUT2D eigenvalue weighted by atomic mass is 35.5. The third kappa shape index (κ3) is 3.60. The lowest BCUT2D eigenvalue weighted by Gasteiger charge is -2.10. The molecule has 1 fully saturated rings. The number of nitrogens with zero attached hydrogens (tertiary/aromatic N) is 2. The summed E-state index contributed by atoms with van der Waals surface area (Å²) in [4.78, 5) is 16.1. The molecule has 4 nitrogen and oxygen atoms in total. The number of nitrogens with one attached hydrogen (secondary N) is 1. The van der Waals surface area contributed by atoms with E-state index in [0.717, 1.165) is 37.9 Å². The molecule has 1 saturated carbocycles. The number of rotatable bonds is 3. The molecule has 23 heavy (non-hydrogen) atoms. The smallest absolute Gasteiger partial charge is 0.353 e. The van der Waals surface area contributed by atoms with Gasteiger partial charge in [-0.1, -0.05) is 24.4 Å². The molecule has 2 heterocycles. The first-order valence-corrected chi connectivity index (χ1v) is 7.74. The molecule has 3 rings (SSSR count). The third-order valence-electron chi connectivity index (χ3n) is 3.95. The summed E-state index contributed by atoms with van der Waals surface area (Å²) >= 11 is 5.87. The van der Waals surface area contributed by atoms with Crippen LogP contribution in [-0.4, -0.2) is 21.3 Å². The quantitative estimate of drug-likeness (QED) is 0.923. The van der Waals surface area contributed by atoms with E-state index >= 15 is 0 Å².